The average molecular weight is 258 g/mol. The number of amides is 2. The summed E-state index contributed by atoms with van der Waals surface area (Å²) in [5.41, 5.74) is 1.26. The van der Waals surface area contributed by atoms with E-state index in [9.17, 15) is 9.59 Å². The minimum absolute atomic E-state index is 0.198. The van der Waals surface area contributed by atoms with Crippen molar-refractivity contribution in [1.29, 1.82) is 0 Å². The Labute approximate surface area is 113 Å². The number of hydrogen-bond acceptors (Lipinski definition) is 3. The molecule has 1 heterocycles. The van der Waals surface area contributed by atoms with Crippen LogP contribution in [0, 0.1) is 0 Å². The van der Waals surface area contributed by atoms with Crippen LogP contribution in [0.5, 0.6) is 0 Å². The zero-order valence-electron chi connectivity index (χ0n) is 11.1. The van der Waals surface area contributed by atoms with E-state index in [1.165, 1.54) is 22.6 Å². The van der Waals surface area contributed by atoms with E-state index in [1.54, 1.807) is 0 Å². The van der Waals surface area contributed by atoms with Crippen LogP contribution in [0.1, 0.15) is 12.0 Å². The number of carbonyl (C=O) groups excluding carboxylic acids is 2. The van der Waals surface area contributed by atoms with E-state index >= 15 is 0 Å². The van der Waals surface area contributed by atoms with Gasteiger partial charge in [-0.3, -0.25) is 14.5 Å². The second kappa shape index (κ2) is 6.29. The summed E-state index contributed by atoms with van der Waals surface area (Å²) in [4.78, 5) is 26.2. The van der Waals surface area contributed by atoms with E-state index < -0.39 is 0 Å². The van der Waals surface area contributed by atoms with Crippen LogP contribution >= 0.6 is 0 Å². The number of nitrogens with zero attached hydrogens (tertiary/aromatic N) is 2. The average Bonchev–Trinajstić information content (AvgIpc) is 2.71. The SMILES string of the molecule is CN(CCCN1C(=O)C=CC1=O)Cc1ccccc1. The van der Waals surface area contributed by atoms with Gasteiger partial charge >= 0.3 is 0 Å². The molecular formula is C15H18N2O2. The van der Waals surface area contributed by atoms with Crippen LogP contribution in [0.2, 0.25) is 0 Å². The van der Waals surface area contributed by atoms with E-state index in [4.69, 9.17) is 0 Å². The van der Waals surface area contributed by atoms with Crippen molar-refractivity contribution in [2.75, 3.05) is 20.1 Å². The molecule has 1 aliphatic rings. The van der Waals surface area contributed by atoms with E-state index in [-0.39, 0.29) is 11.8 Å². The Morgan fingerprint density at radius 3 is 2.32 bits per heavy atom. The maximum Gasteiger partial charge on any atom is 0.253 e. The van der Waals surface area contributed by atoms with Gasteiger partial charge < -0.3 is 4.90 Å². The minimum atomic E-state index is -0.198. The number of hydrogen-bond donors (Lipinski definition) is 0. The molecule has 0 bridgehead atoms. The maximum atomic E-state index is 11.4. The summed E-state index contributed by atoms with van der Waals surface area (Å²) in [6.45, 7) is 2.22. The van der Waals surface area contributed by atoms with Gasteiger partial charge in [-0.25, -0.2) is 0 Å². The van der Waals surface area contributed by atoms with Crippen molar-refractivity contribution >= 4 is 11.8 Å². The molecule has 0 saturated carbocycles. The lowest BCUT2D eigenvalue weighted by Crippen LogP contribution is -2.33. The highest BCUT2D eigenvalue weighted by atomic mass is 16.2. The van der Waals surface area contributed by atoms with Gasteiger partial charge in [0.1, 0.15) is 0 Å². The number of imide groups is 1. The van der Waals surface area contributed by atoms with Crippen LogP contribution in [0.15, 0.2) is 42.5 Å². The molecule has 4 nitrogen and oxygen atoms in total. The van der Waals surface area contributed by atoms with Crippen LogP contribution in [0.25, 0.3) is 0 Å². The summed E-state index contributed by atoms with van der Waals surface area (Å²) in [6, 6.07) is 10.2. The lowest BCUT2D eigenvalue weighted by molar-refractivity contribution is -0.136. The minimum Gasteiger partial charge on any atom is -0.302 e. The fourth-order valence-corrected chi connectivity index (χ4v) is 2.12. The molecule has 0 saturated heterocycles. The van der Waals surface area contributed by atoms with Gasteiger partial charge in [0, 0.05) is 25.2 Å². The Kier molecular flexibility index (Phi) is 4.47. The monoisotopic (exact) mass is 258 g/mol. The summed E-state index contributed by atoms with van der Waals surface area (Å²) in [5.74, 6) is -0.397. The standard InChI is InChI=1S/C15H18N2O2/c1-16(12-13-6-3-2-4-7-13)10-5-11-17-14(18)8-9-15(17)19/h2-4,6-9H,5,10-12H2,1H3. The van der Waals surface area contributed by atoms with E-state index in [1.807, 2.05) is 25.2 Å². The smallest absolute Gasteiger partial charge is 0.253 e. The lowest BCUT2D eigenvalue weighted by Gasteiger charge is -2.19. The van der Waals surface area contributed by atoms with Crippen molar-refractivity contribution < 1.29 is 9.59 Å². The van der Waals surface area contributed by atoms with E-state index in [0.717, 1.165) is 19.5 Å². The third-order valence-corrected chi connectivity index (χ3v) is 3.12. The Hall–Kier alpha value is -1.94. The molecule has 19 heavy (non-hydrogen) atoms. The molecule has 1 aliphatic heterocycles. The fourth-order valence-electron chi connectivity index (χ4n) is 2.12. The van der Waals surface area contributed by atoms with Gasteiger partial charge in [0.15, 0.2) is 0 Å². The van der Waals surface area contributed by atoms with Crippen molar-refractivity contribution in [1.82, 2.24) is 9.80 Å². The van der Waals surface area contributed by atoms with Crippen molar-refractivity contribution in [3.63, 3.8) is 0 Å². The Morgan fingerprint density at radius 1 is 1.05 bits per heavy atom. The van der Waals surface area contributed by atoms with Gasteiger partial charge in [0.05, 0.1) is 0 Å². The van der Waals surface area contributed by atoms with Gasteiger partial charge in [0.25, 0.3) is 11.8 Å². The summed E-state index contributed by atoms with van der Waals surface area (Å²) in [7, 11) is 2.04. The molecule has 0 aromatic heterocycles. The molecule has 0 unspecified atom stereocenters. The highest BCUT2D eigenvalue weighted by molar-refractivity contribution is 6.12. The van der Waals surface area contributed by atoms with Crippen molar-refractivity contribution in [2.24, 2.45) is 0 Å². The lowest BCUT2D eigenvalue weighted by atomic mass is 10.2. The molecule has 0 atom stereocenters. The first-order valence-corrected chi connectivity index (χ1v) is 6.43. The van der Waals surface area contributed by atoms with Crippen molar-refractivity contribution in [3.05, 3.63) is 48.0 Å². The predicted octanol–water partition coefficient (Wildman–Crippen LogP) is 1.43. The summed E-state index contributed by atoms with van der Waals surface area (Å²) in [5, 5.41) is 0. The first-order valence-electron chi connectivity index (χ1n) is 6.43. The molecule has 0 fully saturated rings. The summed E-state index contributed by atoms with van der Waals surface area (Å²) in [6.07, 6.45) is 3.45. The largest absolute Gasteiger partial charge is 0.302 e. The first kappa shape index (κ1) is 13.5. The van der Waals surface area contributed by atoms with Gasteiger partial charge in [-0.2, -0.15) is 0 Å². The predicted molar refractivity (Wildman–Crippen MR) is 73.3 cm³/mol. The normalized spacial score (nSPS) is 14.7. The molecule has 2 rings (SSSR count). The van der Waals surface area contributed by atoms with Gasteiger partial charge in [-0.15, -0.1) is 0 Å². The highest BCUT2D eigenvalue weighted by Crippen LogP contribution is 2.06. The van der Waals surface area contributed by atoms with Crippen molar-refractivity contribution in [3.8, 4) is 0 Å². The molecule has 0 radical (unpaired) electrons. The molecular weight excluding hydrogens is 240 g/mol. The van der Waals surface area contributed by atoms with Gasteiger partial charge in [-0.1, -0.05) is 30.3 Å². The maximum absolute atomic E-state index is 11.4. The molecule has 0 aliphatic carbocycles. The van der Waals surface area contributed by atoms with Crippen LogP contribution in [0.4, 0.5) is 0 Å². The molecule has 1 aromatic rings. The molecule has 4 heteroatoms. The van der Waals surface area contributed by atoms with Crippen LogP contribution in [-0.2, 0) is 16.1 Å². The van der Waals surface area contributed by atoms with Crippen molar-refractivity contribution in [2.45, 2.75) is 13.0 Å². The van der Waals surface area contributed by atoms with Crippen LogP contribution in [-0.4, -0.2) is 41.8 Å². The Bertz CT molecular complexity index is 464. The second-order valence-corrected chi connectivity index (χ2v) is 4.74. The zero-order chi connectivity index (χ0) is 13.7. The molecule has 1 aromatic carbocycles. The summed E-state index contributed by atoms with van der Waals surface area (Å²) < 4.78 is 0. The Balaban J connectivity index is 1.71. The summed E-state index contributed by atoms with van der Waals surface area (Å²) >= 11 is 0. The Morgan fingerprint density at radius 2 is 1.68 bits per heavy atom. The second-order valence-electron chi connectivity index (χ2n) is 4.74. The third-order valence-electron chi connectivity index (χ3n) is 3.12. The zero-order valence-corrected chi connectivity index (χ0v) is 11.1. The number of carbonyl (C=O) groups is 2. The quantitative estimate of drug-likeness (QED) is 0.725. The highest BCUT2D eigenvalue weighted by Gasteiger charge is 2.22. The number of benzene rings is 1. The molecule has 0 spiro atoms. The topological polar surface area (TPSA) is 40.6 Å². The van der Waals surface area contributed by atoms with E-state index in [0.29, 0.717) is 6.54 Å². The third kappa shape index (κ3) is 3.76. The molecule has 100 valence electrons. The van der Waals surface area contributed by atoms with Crippen LogP contribution in [0.3, 0.4) is 0 Å². The molecule has 2 amide bonds. The fraction of sp³-hybridized carbons (Fsp3) is 0.333. The van der Waals surface area contributed by atoms with E-state index in [2.05, 4.69) is 17.0 Å². The molecule has 0 N–H and O–H groups in total. The van der Waals surface area contributed by atoms with Gasteiger partial charge in [0.2, 0.25) is 0 Å². The number of rotatable bonds is 6. The van der Waals surface area contributed by atoms with Gasteiger partial charge in [-0.05, 0) is 25.6 Å². The van der Waals surface area contributed by atoms with Crippen LogP contribution < -0.4 is 0 Å². The first-order chi connectivity index (χ1) is 9.16.